The van der Waals surface area contributed by atoms with Crippen LogP contribution >= 0.6 is 0 Å². The van der Waals surface area contributed by atoms with Crippen LogP contribution in [0.15, 0.2) is 0 Å². The Hall–Kier alpha value is 0.360. The molecule has 0 saturated carbocycles. The van der Waals surface area contributed by atoms with Gasteiger partial charge in [0.25, 0.3) is 0 Å². The number of esters is 2. The number of aliphatic hydroxyl groups excluding tert-OH is 1. The SMILES string of the molecule is CCCC(=O)OC(=O)C(C)O.[CaH2]. The molecular weight excluding hydrogens is 188 g/mol. The van der Waals surface area contributed by atoms with Crippen molar-refractivity contribution in [2.45, 2.75) is 32.8 Å². The molecule has 0 aromatic rings. The Kier molecular flexibility index (Phi) is 9.88. The third-order valence-electron chi connectivity index (χ3n) is 1.01. The first kappa shape index (κ1) is 14.9. The van der Waals surface area contributed by atoms with Crippen molar-refractivity contribution >= 4 is 49.7 Å². The fourth-order valence-corrected chi connectivity index (χ4v) is 0.453. The molecule has 0 heterocycles. The number of ether oxygens (including phenoxy) is 1. The number of hydrogen-bond donors (Lipinski definition) is 1. The summed E-state index contributed by atoms with van der Waals surface area (Å²) in [7, 11) is 0. The first-order valence-electron chi connectivity index (χ1n) is 3.50. The Morgan fingerprint density at radius 3 is 2.33 bits per heavy atom. The summed E-state index contributed by atoms with van der Waals surface area (Å²) in [5.74, 6) is -1.47. The van der Waals surface area contributed by atoms with E-state index in [1.165, 1.54) is 6.92 Å². The topological polar surface area (TPSA) is 63.6 Å². The second-order valence-electron chi connectivity index (χ2n) is 2.22. The van der Waals surface area contributed by atoms with Crippen molar-refractivity contribution in [2.24, 2.45) is 0 Å². The van der Waals surface area contributed by atoms with Gasteiger partial charge in [-0.3, -0.25) is 4.79 Å². The molecule has 0 bridgehead atoms. The van der Waals surface area contributed by atoms with Gasteiger partial charge in [0.15, 0.2) is 0 Å². The van der Waals surface area contributed by atoms with Crippen LogP contribution in [0.5, 0.6) is 0 Å². The summed E-state index contributed by atoms with van der Waals surface area (Å²) >= 11 is 0. The van der Waals surface area contributed by atoms with Gasteiger partial charge in [-0.05, 0) is 13.3 Å². The quantitative estimate of drug-likeness (QED) is 0.374. The van der Waals surface area contributed by atoms with Crippen molar-refractivity contribution in [1.29, 1.82) is 0 Å². The standard InChI is InChI=1S/C7H12O4.Ca.2H/c1-3-4-6(9)11-7(10)5(2)8;;;/h5,8H,3-4H2,1-2H3;;;. The summed E-state index contributed by atoms with van der Waals surface area (Å²) in [6.45, 7) is 3.05. The van der Waals surface area contributed by atoms with Crippen LogP contribution in [-0.4, -0.2) is 60.9 Å². The van der Waals surface area contributed by atoms with Gasteiger partial charge in [-0.25, -0.2) is 4.79 Å². The molecule has 0 fully saturated rings. The third kappa shape index (κ3) is 7.03. The molecule has 0 aliphatic heterocycles. The number of aliphatic hydroxyl groups is 1. The second kappa shape index (κ2) is 7.98. The van der Waals surface area contributed by atoms with Gasteiger partial charge in [0.1, 0.15) is 6.10 Å². The van der Waals surface area contributed by atoms with E-state index in [4.69, 9.17) is 5.11 Å². The second-order valence-corrected chi connectivity index (χ2v) is 2.22. The Morgan fingerprint density at radius 1 is 1.50 bits per heavy atom. The van der Waals surface area contributed by atoms with Crippen LogP contribution in [0.4, 0.5) is 0 Å². The predicted octanol–water partition coefficient (Wildman–Crippen LogP) is -0.679. The Labute approximate surface area is 101 Å². The fourth-order valence-electron chi connectivity index (χ4n) is 0.453. The molecule has 0 aliphatic carbocycles. The summed E-state index contributed by atoms with van der Waals surface area (Å²) in [5.41, 5.74) is 0. The summed E-state index contributed by atoms with van der Waals surface area (Å²) in [6.07, 6.45) is -0.388. The van der Waals surface area contributed by atoms with E-state index in [2.05, 4.69) is 4.74 Å². The number of rotatable bonds is 3. The van der Waals surface area contributed by atoms with Gasteiger partial charge in [-0.2, -0.15) is 0 Å². The average Bonchev–Trinajstić information content (AvgIpc) is 1.87. The average molecular weight is 202 g/mol. The molecule has 1 unspecified atom stereocenters. The molecule has 0 radical (unpaired) electrons. The molecule has 0 saturated heterocycles. The van der Waals surface area contributed by atoms with Crippen molar-refractivity contribution < 1.29 is 19.4 Å². The van der Waals surface area contributed by atoms with Gasteiger partial charge in [0.2, 0.25) is 0 Å². The zero-order valence-corrected chi connectivity index (χ0v) is 6.66. The summed E-state index contributed by atoms with van der Waals surface area (Å²) < 4.78 is 4.22. The van der Waals surface area contributed by atoms with E-state index in [0.717, 1.165) is 0 Å². The van der Waals surface area contributed by atoms with Gasteiger partial charge >= 0.3 is 49.7 Å². The van der Waals surface area contributed by atoms with Crippen LogP contribution in [0.3, 0.4) is 0 Å². The molecule has 68 valence electrons. The first-order chi connectivity index (χ1) is 5.07. The van der Waals surface area contributed by atoms with Crippen molar-refractivity contribution in [3.05, 3.63) is 0 Å². The van der Waals surface area contributed by atoms with E-state index < -0.39 is 18.0 Å². The van der Waals surface area contributed by atoms with Crippen LogP contribution in [0, 0.1) is 0 Å². The van der Waals surface area contributed by atoms with Gasteiger partial charge < -0.3 is 9.84 Å². The Bertz CT molecular complexity index is 155. The Morgan fingerprint density at radius 2 is 2.00 bits per heavy atom. The van der Waals surface area contributed by atoms with Crippen LogP contribution in [0.2, 0.25) is 0 Å². The number of carbonyl (C=O) groups excluding carboxylic acids is 2. The van der Waals surface area contributed by atoms with Crippen LogP contribution in [-0.2, 0) is 14.3 Å². The summed E-state index contributed by atoms with van der Waals surface area (Å²) in [4.78, 5) is 21.1. The maximum atomic E-state index is 10.6. The molecule has 1 N–H and O–H groups in total. The number of carbonyl (C=O) groups is 2. The van der Waals surface area contributed by atoms with E-state index in [0.29, 0.717) is 6.42 Å². The van der Waals surface area contributed by atoms with Crippen molar-refractivity contribution in [1.82, 2.24) is 0 Å². The van der Waals surface area contributed by atoms with Crippen molar-refractivity contribution in [3.63, 3.8) is 0 Å². The van der Waals surface area contributed by atoms with Crippen molar-refractivity contribution in [2.75, 3.05) is 0 Å². The normalized spacial score (nSPS) is 11.2. The van der Waals surface area contributed by atoms with E-state index in [1.54, 1.807) is 6.92 Å². The molecule has 0 aliphatic rings. The first-order valence-corrected chi connectivity index (χ1v) is 3.50. The Balaban J connectivity index is 0. The van der Waals surface area contributed by atoms with Gasteiger partial charge in [0, 0.05) is 6.42 Å². The fraction of sp³-hybridized carbons (Fsp3) is 0.714. The van der Waals surface area contributed by atoms with E-state index >= 15 is 0 Å². The van der Waals surface area contributed by atoms with Crippen LogP contribution in [0.1, 0.15) is 26.7 Å². The molecule has 12 heavy (non-hydrogen) atoms. The molecule has 1 atom stereocenters. The molecule has 0 amide bonds. The van der Waals surface area contributed by atoms with Gasteiger partial charge in [0.05, 0.1) is 0 Å². The zero-order valence-electron chi connectivity index (χ0n) is 6.66. The van der Waals surface area contributed by atoms with Gasteiger partial charge in [-0.1, -0.05) is 6.92 Å². The zero-order chi connectivity index (χ0) is 8.85. The minimum absolute atomic E-state index is 0. The third-order valence-corrected chi connectivity index (χ3v) is 1.01. The minimum atomic E-state index is -1.23. The summed E-state index contributed by atoms with van der Waals surface area (Å²) in [6, 6.07) is 0. The number of hydrogen-bond acceptors (Lipinski definition) is 4. The van der Waals surface area contributed by atoms with Crippen molar-refractivity contribution in [3.8, 4) is 0 Å². The van der Waals surface area contributed by atoms with E-state index in [9.17, 15) is 9.59 Å². The molecule has 0 aromatic heterocycles. The molecule has 5 heteroatoms. The maximum absolute atomic E-state index is 10.6. The molecule has 4 nitrogen and oxygen atoms in total. The van der Waals surface area contributed by atoms with Crippen LogP contribution < -0.4 is 0 Å². The predicted molar refractivity (Wildman–Crippen MR) is 46.2 cm³/mol. The summed E-state index contributed by atoms with van der Waals surface area (Å²) in [5, 5.41) is 8.61. The monoisotopic (exact) mass is 202 g/mol. The van der Waals surface area contributed by atoms with Gasteiger partial charge in [-0.15, -0.1) is 0 Å². The molecule has 0 rings (SSSR count). The molecule has 0 aromatic carbocycles. The molecular formula is C7H14CaO4. The van der Waals surface area contributed by atoms with E-state index in [-0.39, 0.29) is 44.2 Å². The van der Waals surface area contributed by atoms with Crippen LogP contribution in [0.25, 0.3) is 0 Å². The van der Waals surface area contributed by atoms with E-state index in [1.807, 2.05) is 0 Å². The molecule has 0 spiro atoms.